The molecule has 3 rings (SSSR count). The van der Waals surface area contributed by atoms with Crippen molar-refractivity contribution in [3.63, 3.8) is 0 Å². The smallest absolute Gasteiger partial charge is 0.127 e. The molecule has 0 fully saturated rings. The topological polar surface area (TPSA) is 48.1 Å². The molecule has 1 aromatic carbocycles. The van der Waals surface area contributed by atoms with Crippen LogP contribution in [0.4, 0.5) is 0 Å². The summed E-state index contributed by atoms with van der Waals surface area (Å²) >= 11 is 0. The summed E-state index contributed by atoms with van der Waals surface area (Å²) < 4.78 is 5.75. The van der Waals surface area contributed by atoms with Crippen LogP contribution in [-0.2, 0) is 12.8 Å². The quantitative estimate of drug-likeness (QED) is 0.916. The number of benzene rings is 1. The SMILES string of the molecule is CCc1cnccc1C(N)c1cccc2c1OCC2. The summed E-state index contributed by atoms with van der Waals surface area (Å²) in [5.74, 6) is 0.980. The molecule has 0 aliphatic carbocycles. The zero-order valence-corrected chi connectivity index (χ0v) is 11.1. The van der Waals surface area contributed by atoms with E-state index in [1.165, 1.54) is 11.1 Å². The Morgan fingerprint density at radius 1 is 1.32 bits per heavy atom. The highest BCUT2D eigenvalue weighted by Gasteiger charge is 2.22. The number of hydrogen-bond donors (Lipinski definition) is 1. The van der Waals surface area contributed by atoms with Gasteiger partial charge < -0.3 is 10.5 Å². The van der Waals surface area contributed by atoms with E-state index in [9.17, 15) is 0 Å². The molecule has 3 heteroatoms. The maximum absolute atomic E-state index is 6.46. The van der Waals surface area contributed by atoms with Crippen molar-refractivity contribution in [3.8, 4) is 5.75 Å². The van der Waals surface area contributed by atoms with Gasteiger partial charge in [-0.3, -0.25) is 4.98 Å². The number of aryl methyl sites for hydroxylation is 1. The van der Waals surface area contributed by atoms with Gasteiger partial charge in [-0.05, 0) is 29.2 Å². The lowest BCUT2D eigenvalue weighted by Crippen LogP contribution is -2.15. The van der Waals surface area contributed by atoms with Gasteiger partial charge in [0, 0.05) is 24.4 Å². The van der Waals surface area contributed by atoms with Crippen LogP contribution < -0.4 is 10.5 Å². The van der Waals surface area contributed by atoms with Crippen molar-refractivity contribution < 1.29 is 4.74 Å². The minimum atomic E-state index is -0.147. The molecule has 1 aliphatic rings. The molecule has 2 aromatic rings. The molecule has 0 amide bonds. The molecule has 3 nitrogen and oxygen atoms in total. The Morgan fingerprint density at radius 3 is 3.05 bits per heavy atom. The number of pyridine rings is 1. The predicted octanol–water partition coefficient (Wildman–Crippen LogP) is 2.63. The first-order valence-electron chi connectivity index (χ1n) is 6.74. The third-order valence-corrected chi connectivity index (χ3v) is 3.74. The van der Waals surface area contributed by atoms with E-state index in [0.717, 1.165) is 36.3 Å². The summed E-state index contributed by atoms with van der Waals surface area (Å²) in [6, 6.07) is 8.11. The van der Waals surface area contributed by atoms with Gasteiger partial charge in [0.25, 0.3) is 0 Å². The van der Waals surface area contributed by atoms with Crippen LogP contribution in [-0.4, -0.2) is 11.6 Å². The molecule has 19 heavy (non-hydrogen) atoms. The van der Waals surface area contributed by atoms with Gasteiger partial charge in [0.2, 0.25) is 0 Å². The third-order valence-electron chi connectivity index (χ3n) is 3.74. The molecule has 1 unspecified atom stereocenters. The van der Waals surface area contributed by atoms with Crippen LogP contribution in [0.15, 0.2) is 36.7 Å². The van der Waals surface area contributed by atoms with Crippen molar-refractivity contribution in [2.45, 2.75) is 25.8 Å². The zero-order valence-electron chi connectivity index (χ0n) is 11.1. The first-order chi connectivity index (χ1) is 9.31. The minimum Gasteiger partial charge on any atom is -0.493 e. The number of nitrogens with zero attached hydrogens (tertiary/aromatic N) is 1. The molecule has 0 radical (unpaired) electrons. The number of fused-ring (bicyclic) bond motifs is 1. The highest BCUT2D eigenvalue weighted by molar-refractivity contribution is 5.49. The summed E-state index contributed by atoms with van der Waals surface area (Å²) in [4.78, 5) is 4.18. The monoisotopic (exact) mass is 254 g/mol. The van der Waals surface area contributed by atoms with Crippen LogP contribution in [0.3, 0.4) is 0 Å². The molecule has 1 aliphatic heterocycles. The average molecular weight is 254 g/mol. The summed E-state index contributed by atoms with van der Waals surface area (Å²) in [7, 11) is 0. The van der Waals surface area contributed by atoms with Gasteiger partial charge in [0.15, 0.2) is 0 Å². The van der Waals surface area contributed by atoms with Crippen LogP contribution in [0.1, 0.15) is 35.2 Å². The van der Waals surface area contributed by atoms with E-state index >= 15 is 0 Å². The van der Waals surface area contributed by atoms with E-state index in [4.69, 9.17) is 10.5 Å². The Kier molecular flexibility index (Phi) is 3.22. The molecule has 1 aromatic heterocycles. The third kappa shape index (κ3) is 2.10. The summed E-state index contributed by atoms with van der Waals surface area (Å²) in [6.07, 6.45) is 5.62. The number of ether oxygens (including phenoxy) is 1. The van der Waals surface area contributed by atoms with E-state index in [1.807, 2.05) is 12.3 Å². The molecule has 2 N–H and O–H groups in total. The lowest BCUT2D eigenvalue weighted by Gasteiger charge is -2.18. The number of aromatic nitrogens is 1. The summed E-state index contributed by atoms with van der Waals surface area (Å²) in [5.41, 5.74) is 11.1. The van der Waals surface area contributed by atoms with Crippen molar-refractivity contribution in [2.75, 3.05) is 6.61 Å². The number of rotatable bonds is 3. The number of hydrogen-bond acceptors (Lipinski definition) is 3. The van der Waals surface area contributed by atoms with Crippen LogP contribution in [0.2, 0.25) is 0 Å². The fraction of sp³-hybridized carbons (Fsp3) is 0.312. The van der Waals surface area contributed by atoms with Gasteiger partial charge in [0.05, 0.1) is 12.6 Å². The number of para-hydroxylation sites is 1. The second-order valence-electron chi connectivity index (χ2n) is 4.84. The van der Waals surface area contributed by atoms with E-state index in [-0.39, 0.29) is 6.04 Å². The Morgan fingerprint density at radius 2 is 2.21 bits per heavy atom. The van der Waals surface area contributed by atoms with Gasteiger partial charge in [-0.15, -0.1) is 0 Å². The van der Waals surface area contributed by atoms with Gasteiger partial charge >= 0.3 is 0 Å². The maximum Gasteiger partial charge on any atom is 0.127 e. The normalized spacial score (nSPS) is 14.8. The summed E-state index contributed by atoms with van der Waals surface area (Å²) in [5, 5.41) is 0. The van der Waals surface area contributed by atoms with Crippen LogP contribution in [0, 0.1) is 0 Å². The molecule has 1 atom stereocenters. The van der Waals surface area contributed by atoms with Crippen LogP contribution >= 0.6 is 0 Å². The standard InChI is InChI=1S/C16H18N2O/c1-2-11-10-18-8-6-13(11)15(17)14-5-3-4-12-7-9-19-16(12)14/h3-6,8,10,15H,2,7,9,17H2,1H3. The minimum absolute atomic E-state index is 0.147. The molecule has 2 heterocycles. The summed E-state index contributed by atoms with van der Waals surface area (Å²) in [6.45, 7) is 2.88. The Bertz CT molecular complexity index is 595. The van der Waals surface area contributed by atoms with Crippen molar-refractivity contribution in [1.82, 2.24) is 4.98 Å². The second-order valence-corrected chi connectivity index (χ2v) is 4.84. The van der Waals surface area contributed by atoms with Crippen molar-refractivity contribution >= 4 is 0 Å². The highest BCUT2D eigenvalue weighted by atomic mass is 16.5. The zero-order chi connectivity index (χ0) is 13.2. The van der Waals surface area contributed by atoms with Crippen LogP contribution in [0.25, 0.3) is 0 Å². The van der Waals surface area contributed by atoms with E-state index in [2.05, 4.69) is 30.1 Å². The van der Waals surface area contributed by atoms with Gasteiger partial charge in [-0.25, -0.2) is 0 Å². The molecule has 0 saturated carbocycles. The fourth-order valence-electron chi connectivity index (χ4n) is 2.69. The van der Waals surface area contributed by atoms with Gasteiger partial charge in [0.1, 0.15) is 5.75 Å². The van der Waals surface area contributed by atoms with E-state index in [1.54, 1.807) is 6.20 Å². The van der Waals surface area contributed by atoms with E-state index in [0.29, 0.717) is 0 Å². The predicted molar refractivity (Wildman–Crippen MR) is 75.3 cm³/mol. The molecule has 98 valence electrons. The average Bonchev–Trinajstić information content (AvgIpc) is 2.94. The lowest BCUT2D eigenvalue weighted by molar-refractivity contribution is 0.352. The Labute approximate surface area is 113 Å². The van der Waals surface area contributed by atoms with Gasteiger partial charge in [-0.2, -0.15) is 0 Å². The van der Waals surface area contributed by atoms with E-state index < -0.39 is 0 Å². The highest BCUT2D eigenvalue weighted by Crippen LogP contribution is 2.35. The molecular formula is C16H18N2O. The fourth-order valence-corrected chi connectivity index (χ4v) is 2.69. The maximum atomic E-state index is 6.46. The number of nitrogens with two attached hydrogens (primary N) is 1. The molecular weight excluding hydrogens is 236 g/mol. The van der Waals surface area contributed by atoms with Crippen LogP contribution in [0.5, 0.6) is 5.75 Å². The molecule has 0 bridgehead atoms. The first-order valence-corrected chi connectivity index (χ1v) is 6.74. The van der Waals surface area contributed by atoms with Crippen molar-refractivity contribution in [3.05, 3.63) is 58.9 Å². The second kappa shape index (κ2) is 5.02. The molecule has 0 saturated heterocycles. The van der Waals surface area contributed by atoms with Crippen molar-refractivity contribution in [1.29, 1.82) is 0 Å². The van der Waals surface area contributed by atoms with Crippen molar-refractivity contribution in [2.24, 2.45) is 5.73 Å². The Hall–Kier alpha value is -1.87. The largest absolute Gasteiger partial charge is 0.493 e. The lowest BCUT2D eigenvalue weighted by atomic mass is 9.93. The molecule has 0 spiro atoms. The Balaban J connectivity index is 2.05. The first kappa shape index (κ1) is 12.2. The van der Waals surface area contributed by atoms with Gasteiger partial charge in [-0.1, -0.05) is 25.1 Å².